The van der Waals surface area contributed by atoms with Gasteiger partial charge in [0.15, 0.2) is 0 Å². The molecule has 3 atom stereocenters. The molecule has 1 aromatic rings. The summed E-state index contributed by atoms with van der Waals surface area (Å²) in [7, 11) is 0. The number of amides is 1. The fourth-order valence-electron chi connectivity index (χ4n) is 2.77. The molecule has 6 heteroatoms. The molecule has 1 aromatic heterocycles. The number of hydrogen-bond acceptors (Lipinski definition) is 4. The van der Waals surface area contributed by atoms with Crippen molar-refractivity contribution in [3.8, 4) is 0 Å². The van der Waals surface area contributed by atoms with E-state index in [0.29, 0.717) is 31.0 Å². The topological polar surface area (TPSA) is 92.2 Å². The van der Waals surface area contributed by atoms with Crippen molar-refractivity contribution in [2.45, 2.75) is 32.7 Å². The summed E-state index contributed by atoms with van der Waals surface area (Å²) in [4.78, 5) is 31.3. The smallest absolute Gasteiger partial charge is 0.307 e. The van der Waals surface area contributed by atoms with Gasteiger partial charge in [-0.25, -0.2) is 9.97 Å². The van der Waals surface area contributed by atoms with Crippen LogP contribution in [0.3, 0.4) is 0 Å². The third kappa shape index (κ3) is 3.31. The lowest BCUT2D eigenvalue weighted by molar-refractivity contribution is -0.146. The van der Waals surface area contributed by atoms with Crippen molar-refractivity contribution >= 4 is 11.9 Å². The molecule has 1 aliphatic rings. The number of aromatic nitrogens is 2. The summed E-state index contributed by atoms with van der Waals surface area (Å²) in [5.41, 5.74) is 0.713. The van der Waals surface area contributed by atoms with E-state index >= 15 is 0 Å². The lowest BCUT2D eigenvalue weighted by Crippen LogP contribution is -2.35. The van der Waals surface area contributed by atoms with Gasteiger partial charge in [-0.05, 0) is 24.8 Å². The summed E-state index contributed by atoms with van der Waals surface area (Å²) in [6.45, 7) is 2.34. The first-order valence-electron chi connectivity index (χ1n) is 6.87. The molecule has 0 aromatic carbocycles. The lowest BCUT2D eigenvalue weighted by atomic mass is 9.95. The van der Waals surface area contributed by atoms with E-state index in [-0.39, 0.29) is 5.91 Å². The van der Waals surface area contributed by atoms with E-state index in [4.69, 9.17) is 0 Å². The van der Waals surface area contributed by atoms with Crippen molar-refractivity contribution < 1.29 is 14.7 Å². The van der Waals surface area contributed by atoms with Crippen LogP contribution in [0.5, 0.6) is 0 Å². The van der Waals surface area contributed by atoms with Crippen molar-refractivity contribution in [2.24, 2.45) is 17.8 Å². The van der Waals surface area contributed by atoms with Gasteiger partial charge in [0.25, 0.3) is 0 Å². The summed E-state index contributed by atoms with van der Waals surface area (Å²) in [6, 6.07) is 1.72. The van der Waals surface area contributed by atoms with Crippen LogP contribution in [0.25, 0.3) is 0 Å². The maximum absolute atomic E-state index is 12.2. The molecule has 1 aliphatic carbocycles. The molecule has 6 nitrogen and oxygen atoms in total. The molecule has 3 unspecified atom stereocenters. The minimum Gasteiger partial charge on any atom is -0.481 e. The van der Waals surface area contributed by atoms with Crippen molar-refractivity contribution in [2.75, 3.05) is 0 Å². The number of carboxylic acids is 1. The van der Waals surface area contributed by atoms with Crippen LogP contribution in [0.4, 0.5) is 0 Å². The van der Waals surface area contributed by atoms with E-state index in [1.54, 1.807) is 12.3 Å². The summed E-state index contributed by atoms with van der Waals surface area (Å²) < 4.78 is 0. The molecule has 108 valence electrons. The van der Waals surface area contributed by atoms with E-state index in [0.717, 1.165) is 6.42 Å². The van der Waals surface area contributed by atoms with Crippen molar-refractivity contribution in [3.63, 3.8) is 0 Å². The molecular weight excluding hydrogens is 258 g/mol. The van der Waals surface area contributed by atoms with Crippen molar-refractivity contribution in [1.82, 2.24) is 15.3 Å². The first-order chi connectivity index (χ1) is 9.61. The first-order valence-corrected chi connectivity index (χ1v) is 6.87. The molecule has 2 N–H and O–H groups in total. The van der Waals surface area contributed by atoms with Gasteiger partial charge in [0.05, 0.1) is 24.1 Å². The third-order valence-corrected chi connectivity index (χ3v) is 3.98. The fraction of sp³-hybridized carbons (Fsp3) is 0.571. The van der Waals surface area contributed by atoms with E-state index in [2.05, 4.69) is 15.3 Å². The SMILES string of the molecule is CCC1CC(C(=O)O)C(C(=O)NCc2ccncn2)C1. The monoisotopic (exact) mass is 277 g/mol. The second kappa shape index (κ2) is 6.45. The molecule has 0 radical (unpaired) electrons. The standard InChI is InChI=1S/C14H19N3O3/c1-2-9-5-11(12(6-9)14(19)20)13(18)16-7-10-3-4-15-8-17-10/h3-4,8-9,11-12H,2,5-7H2,1H3,(H,16,18)(H,19,20). The summed E-state index contributed by atoms with van der Waals surface area (Å²) in [6.07, 6.45) is 5.20. The number of rotatable bonds is 5. The number of nitrogens with one attached hydrogen (secondary N) is 1. The van der Waals surface area contributed by atoms with Gasteiger partial charge >= 0.3 is 5.97 Å². The Morgan fingerprint density at radius 3 is 2.75 bits per heavy atom. The zero-order chi connectivity index (χ0) is 14.5. The highest BCUT2D eigenvalue weighted by Crippen LogP contribution is 2.38. The Morgan fingerprint density at radius 1 is 1.40 bits per heavy atom. The third-order valence-electron chi connectivity index (χ3n) is 3.98. The zero-order valence-electron chi connectivity index (χ0n) is 11.5. The van der Waals surface area contributed by atoms with Gasteiger partial charge in [0.1, 0.15) is 6.33 Å². The molecule has 0 spiro atoms. The van der Waals surface area contributed by atoms with Crippen LogP contribution >= 0.6 is 0 Å². The fourth-order valence-corrected chi connectivity index (χ4v) is 2.77. The average molecular weight is 277 g/mol. The van der Waals surface area contributed by atoms with E-state index in [9.17, 15) is 14.7 Å². The quantitative estimate of drug-likeness (QED) is 0.844. The number of carbonyl (C=O) groups excluding carboxylic acids is 1. The average Bonchev–Trinajstić information content (AvgIpc) is 2.90. The maximum atomic E-state index is 12.2. The Morgan fingerprint density at radius 2 is 2.15 bits per heavy atom. The lowest BCUT2D eigenvalue weighted by Gasteiger charge is -2.15. The Kier molecular flexibility index (Phi) is 4.65. The number of carboxylic acid groups (broad SMARTS) is 1. The molecule has 1 heterocycles. The number of aliphatic carboxylic acids is 1. The van der Waals surface area contributed by atoms with E-state index in [1.807, 2.05) is 6.92 Å². The number of nitrogens with zero attached hydrogens (tertiary/aromatic N) is 2. The molecular formula is C14H19N3O3. The molecule has 1 amide bonds. The van der Waals surface area contributed by atoms with E-state index in [1.165, 1.54) is 6.33 Å². The van der Waals surface area contributed by atoms with Crippen LogP contribution in [-0.4, -0.2) is 27.0 Å². The molecule has 2 rings (SSSR count). The highest BCUT2D eigenvalue weighted by atomic mass is 16.4. The van der Waals surface area contributed by atoms with Gasteiger partial charge in [-0.3, -0.25) is 9.59 Å². The molecule has 0 bridgehead atoms. The molecule has 1 fully saturated rings. The van der Waals surface area contributed by atoms with Crippen LogP contribution in [0.2, 0.25) is 0 Å². The van der Waals surface area contributed by atoms with Crippen molar-refractivity contribution in [3.05, 3.63) is 24.3 Å². The Bertz CT molecular complexity index is 478. The highest BCUT2D eigenvalue weighted by Gasteiger charge is 2.41. The predicted molar refractivity (Wildman–Crippen MR) is 71.5 cm³/mol. The second-order valence-electron chi connectivity index (χ2n) is 5.22. The van der Waals surface area contributed by atoms with Gasteiger partial charge in [-0.2, -0.15) is 0 Å². The maximum Gasteiger partial charge on any atom is 0.307 e. The largest absolute Gasteiger partial charge is 0.481 e. The first kappa shape index (κ1) is 14.4. The van der Waals surface area contributed by atoms with Gasteiger partial charge < -0.3 is 10.4 Å². The normalized spacial score (nSPS) is 25.4. The Balaban J connectivity index is 1.95. The Labute approximate surface area is 117 Å². The molecule has 20 heavy (non-hydrogen) atoms. The predicted octanol–water partition coefficient (Wildman–Crippen LogP) is 1.23. The minimum atomic E-state index is -0.872. The number of carbonyl (C=O) groups is 2. The van der Waals surface area contributed by atoms with Gasteiger partial charge in [-0.1, -0.05) is 13.3 Å². The van der Waals surface area contributed by atoms with Crippen LogP contribution in [0.15, 0.2) is 18.6 Å². The van der Waals surface area contributed by atoms with Crippen LogP contribution in [0.1, 0.15) is 31.9 Å². The van der Waals surface area contributed by atoms with Gasteiger partial charge in [-0.15, -0.1) is 0 Å². The molecule has 0 aliphatic heterocycles. The molecule has 0 saturated heterocycles. The van der Waals surface area contributed by atoms with Gasteiger partial charge in [0, 0.05) is 6.20 Å². The highest BCUT2D eigenvalue weighted by molar-refractivity contribution is 5.85. The van der Waals surface area contributed by atoms with Gasteiger partial charge in [0.2, 0.25) is 5.91 Å². The zero-order valence-corrected chi connectivity index (χ0v) is 11.5. The second-order valence-corrected chi connectivity index (χ2v) is 5.22. The summed E-state index contributed by atoms with van der Waals surface area (Å²) in [5.74, 6) is -1.73. The van der Waals surface area contributed by atoms with Crippen LogP contribution in [-0.2, 0) is 16.1 Å². The molecule has 1 saturated carbocycles. The minimum absolute atomic E-state index is 0.188. The van der Waals surface area contributed by atoms with Crippen LogP contribution in [0, 0.1) is 17.8 Å². The number of hydrogen-bond donors (Lipinski definition) is 2. The van der Waals surface area contributed by atoms with E-state index < -0.39 is 17.8 Å². The van der Waals surface area contributed by atoms with Crippen molar-refractivity contribution in [1.29, 1.82) is 0 Å². The summed E-state index contributed by atoms with van der Waals surface area (Å²) >= 11 is 0. The van der Waals surface area contributed by atoms with Crippen LogP contribution < -0.4 is 5.32 Å². The Hall–Kier alpha value is -1.98. The summed E-state index contributed by atoms with van der Waals surface area (Å²) in [5, 5.41) is 12.0.